The number of nitrogens with one attached hydrogen (secondary N) is 2. The molecular weight excluding hydrogens is 200 g/mol. The molecule has 1 rings (SSSR count). The second-order valence-electron chi connectivity index (χ2n) is 4.73. The van der Waals surface area contributed by atoms with Gasteiger partial charge in [-0.15, -0.1) is 0 Å². The third-order valence-corrected chi connectivity index (χ3v) is 3.32. The zero-order valence-electron chi connectivity index (χ0n) is 11.2. The molecule has 0 saturated heterocycles. The summed E-state index contributed by atoms with van der Waals surface area (Å²) in [6.07, 6.45) is 4.88. The van der Waals surface area contributed by atoms with Crippen molar-refractivity contribution in [1.29, 1.82) is 0 Å². The number of likely N-dealkylation sites (N-methyl/N-ethyl adjacent to an activating group) is 1. The first kappa shape index (κ1) is 13.5. The minimum Gasteiger partial charge on any atom is -0.385 e. The van der Waals surface area contributed by atoms with Gasteiger partial charge in [-0.2, -0.15) is 0 Å². The molecule has 0 aromatic heterocycles. The van der Waals surface area contributed by atoms with Crippen LogP contribution in [0.4, 0.5) is 0 Å². The number of rotatable bonds is 8. The van der Waals surface area contributed by atoms with Gasteiger partial charge in [0.15, 0.2) is 0 Å². The maximum atomic E-state index is 5.09. The Kier molecular flexibility index (Phi) is 5.29. The Morgan fingerprint density at radius 1 is 1.44 bits per heavy atom. The van der Waals surface area contributed by atoms with Gasteiger partial charge in [-0.1, -0.05) is 13.3 Å². The average molecular weight is 226 g/mol. The van der Waals surface area contributed by atoms with Crippen LogP contribution in [-0.2, 0) is 4.74 Å². The van der Waals surface area contributed by atoms with Crippen molar-refractivity contribution in [3.8, 4) is 0 Å². The molecule has 3 nitrogen and oxygen atoms in total. The topological polar surface area (TPSA) is 33.3 Å². The lowest BCUT2D eigenvalue weighted by Gasteiger charge is -2.33. The Morgan fingerprint density at radius 3 is 2.56 bits per heavy atom. The fourth-order valence-corrected chi connectivity index (χ4v) is 2.18. The van der Waals surface area contributed by atoms with Crippen molar-refractivity contribution >= 4 is 0 Å². The maximum Gasteiger partial charge on any atom is 0.0635 e. The number of hydrogen-bond donors (Lipinski definition) is 2. The molecule has 1 saturated carbocycles. The lowest BCUT2D eigenvalue weighted by Crippen LogP contribution is -2.47. The van der Waals surface area contributed by atoms with Gasteiger partial charge >= 0.3 is 0 Å². The van der Waals surface area contributed by atoms with Crippen molar-refractivity contribution < 1.29 is 4.74 Å². The van der Waals surface area contributed by atoms with Crippen LogP contribution in [0.15, 0.2) is 11.3 Å². The average Bonchev–Trinajstić information content (AvgIpc) is 3.08. The molecule has 0 aliphatic heterocycles. The largest absolute Gasteiger partial charge is 0.385 e. The maximum absolute atomic E-state index is 5.09. The van der Waals surface area contributed by atoms with E-state index in [0.717, 1.165) is 13.2 Å². The first-order chi connectivity index (χ1) is 7.68. The molecule has 0 aromatic carbocycles. The van der Waals surface area contributed by atoms with E-state index in [4.69, 9.17) is 4.74 Å². The van der Waals surface area contributed by atoms with Crippen molar-refractivity contribution in [2.24, 2.45) is 0 Å². The third-order valence-electron chi connectivity index (χ3n) is 3.32. The SMILES string of the molecule is CCCC(C)(NC)C(NCCOC)=C1CC1. The van der Waals surface area contributed by atoms with Crippen LogP contribution in [-0.4, -0.2) is 32.8 Å². The molecule has 0 amide bonds. The van der Waals surface area contributed by atoms with E-state index in [-0.39, 0.29) is 5.54 Å². The molecule has 1 unspecified atom stereocenters. The summed E-state index contributed by atoms with van der Waals surface area (Å²) in [5.74, 6) is 0. The van der Waals surface area contributed by atoms with Crippen molar-refractivity contribution in [2.45, 2.75) is 45.1 Å². The number of ether oxygens (including phenoxy) is 1. The highest BCUT2D eigenvalue weighted by Gasteiger charge is 2.32. The van der Waals surface area contributed by atoms with Crippen LogP contribution in [0.3, 0.4) is 0 Å². The molecule has 94 valence electrons. The number of hydrogen-bond acceptors (Lipinski definition) is 3. The summed E-state index contributed by atoms with van der Waals surface area (Å²) in [6.45, 7) is 6.19. The first-order valence-electron chi connectivity index (χ1n) is 6.32. The first-order valence-corrected chi connectivity index (χ1v) is 6.32. The van der Waals surface area contributed by atoms with Gasteiger partial charge in [0.05, 0.1) is 12.1 Å². The Hall–Kier alpha value is -0.540. The van der Waals surface area contributed by atoms with Gasteiger partial charge in [0, 0.05) is 19.4 Å². The van der Waals surface area contributed by atoms with Crippen LogP contribution in [0.5, 0.6) is 0 Å². The summed E-state index contributed by atoms with van der Waals surface area (Å²) >= 11 is 0. The molecule has 2 N–H and O–H groups in total. The van der Waals surface area contributed by atoms with E-state index in [0.29, 0.717) is 0 Å². The Balaban J connectivity index is 2.65. The summed E-state index contributed by atoms with van der Waals surface area (Å²) in [6, 6.07) is 0. The van der Waals surface area contributed by atoms with Gasteiger partial charge in [0.2, 0.25) is 0 Å². The van der Waals surface area contributed by atoms with E-state index in [2.05, 4.69) is 31.5 Å². The molecule has 0 aromatic rings. The Morgan fingerprint density at radius 2 is 2.12 bits per heavy atom. The highest BCUT2D eigenvalue weighted by molar-refractivity contribution is 5.31. The molecule has 1 fully saturated rings. The predicted molar refractivity (Wildman–Crippen MR) is 68.5 cm³/mol. The van der Waals surface area contributed by atoms with Gasteiger partial charge in [-0.05, 0) is 38.8 Å². The standard InChI is InChI=1S/C13H26N2O/c1-5-8-13(2,14-3)12(11-6-7-11)15-9-10-16-4/h14-15H,5-10H2,1-4H3. The minimum absolute atomic E-state index is 0.105. The van der Waals surface area contributed by atoms with Crippen molar-refractivity contribution in [2.75, 3.05) is 27.3 Å². The predicted octanol–water partition coefficient (Wildman–Crippen LogP) is 2.05. The van der Waals surface area contributed by atoms with Crippen molar-refractivity contribution in [3.05, 3.63) is 11.3 Å². The monoisotopic (exact) mass is 226 g/mol. The lowest BCUT2D eigenvalue weighted by molar-refractivity contribution is 0.199. The molecular formula is C13H26N2O. The zero-order valence-corrected chi connectivity index (χ0v) is 11.2. The second-order valence-corrected chi connectivity index (χ2v) is 4.73. The summed E-state index contributed by atoms with van der Waals surface area (Å²) in [5, 5.41) is 7.02. The molecule has 0 bridgehead atoms. The van der Waals surface area contributed by atoms with E-state index >= 15 is 0 Å². The van der Waals surface area contributed by atoms with Crippen LogP contribution in [0, 0.1) is 0 Å². The highest BCUT2D eigenvalue weighted by Crippen LogP contribution is 2.36. The van der Waals surface area contributed by atoms with E-state index in [1.165, 1.54) is 31.4 Å². The molecule has 1 atom stereocenters. The van der Waals surface area contributed by atoms with E-state index in [1.54, 1.807) is 12.7 Å². The van der Waals surface area contributed by atoms with Gasteiger partial charge in [0.1, 0.15) is 0 Å². The molecule has 0 spiro atoms. The van der Waals surface area contributed by atoms with Crippen LogP contribution in [0.1, 0.15) is 39.5 Å². The molecule has 0 radical (unpaired) electrons. The van der Waals surface area contributed by atoms with Crippen LogP contribution < -0.4 is 10.6 Å². The summed E-state index contributed by atoms with van der Waals surface area (Å²) in [7, 11) is 3.80. The second kappa shape index (κ2) is 6.26. The molecule has 3 heteroatoms. The van der Waals surface area contributed by atoms with Crippen LogP contribution >= 0.6 is 0 Å². The smallest absolute Gasteiger partial charge is 0.0635 e. The third kappa shape index (κ3) is 3.49. The summed E-state index contributed by atoms with van der Waals surface area (Å²) in [5.41, 5.74) is 3.10. The van der Waals surface area contributed by atoms with Crippen LogP contribution in [0.25, 0.3) is 0 Å². The Bertz CT molecular complexity index is 244. The lowest BCUT2D eigenvalue weighted by atomic mass is 9.91. The minimum atomic E-state index is 0.105. The molecule has 1 aliphatic rings. The summed E-state index contributed by atoms with van der Waals surface area (Å²) in [4.78, 5) is 0. The number of methoxy groups -OCH3 is 1. The zero-order chi connectivity index (χ0) is 12.0. The van der Waals surface area contributed by atoms with Gasteiger partial charge < -0.3 is 15.4 Å². The normalized spacial score (nSPS) is 18.1. The molecule has 1 aliphatic carbocycles. The van der Waals surface area contributed by atoms with Gasteiger partial charge in [-0.3, -0.25) is 0 Å². The molecule has 16 heavy (non-hydrogen) atoms. The van der Waals surface area contributed by atoms with Crippen molar-refractivity contribution in [3.63, 3.8) is 0 Å². The van der Waals surface area contributed by atoms with E-state index < -0.39 is 0 Å². The fraction of sp³-hybridized carbons (Fsp3) is 0.846. The van der Waals surface area contributed by atoms with Gasteiger partial charge in [0.25, 0.3) is 0 Å². The van der Waals surface area contributed by atoms with E-state index in [9.17, 15) is 0 Å². The Labute approximate surface area is 99.6 Å². The quantitative estimate of drug-likeness (QED) is 0.621. The molecule has 0 heterocycles. The summed E-state index contributed by atoms with van der Waals surface area (Å²) < 4.78 is 5.09. The highest BCUT2D eigenvalue weighted by atomic mass is 16.5. The fourth-order valence-electron chi connectivity index (χ4n) is 2.18. The van der Waals surface area contributed by atoms with Crippen molar-refractivity contribution in [1.82, 2.24) is 10.6 Å². The van der Waals surface area contributed by atoms with Crippen LogP contribution in [0.2, 0.25) is 0 Å². The van der Waals surface area contributed by atoms with E-state index in [1.807, 2.05) is 0 Å². The number of allylic oxidation sites excluding steroid dienone is 1. The van der Waals surface area contributed by atoms with Gasteiger partial charge in [-0.25, -0.2) is 0 Å².